The van der Waals surface area contributed by atoms with Crippen LogP contribution in [-0.4, -0.2) is 24.3 Å². The van der Waals surface area contributed by atoms with Crippen LogP contribution in [0, 0.1) is 0 Å². The van der Waals surface area contributed by atoms with Crippen molar-refractivity contribution < 1.29 is 19.1 Å². The molecule has 160 valence electrons. The van der Waals surface area contributed by atoms with Crippen LogP contribution < -0.4 is 20.9 Å². The van der Waals surface area contributed by atoms with Gasteiger partial charge in [-0.25, -0.2) is 0 Å². The fourth-order valence-corrected chi connectivity index (χ4v) is 3.50. The predicted molar refractivity (Wildman–Crippen MR) is 123 cm³/mol. The van der Waals surface area contributed by atoms with Gasteiger partial charge in [-0.05, 0) is 44.9 Å². The van der Waals surface area contributed by atoms with E-state index in [9.17, 15) is 14.4 Å². The minimum absolute atomic E-state index is 0.0620. The number of benzene rings is 3. The van der Waals surface area contributed by atoms with Crippen molar-refractivity contribution in [1.29, 1.82) is 0 Å². The Morgan fingerprint density at radius 2 is 1.52 bits per heavy atom. The molecule has 0 saturated heterocycles. The van der Waals surface area contributed by atoms with Crippen LogP contribution in [0.1, 0.15) is 12.8 Å². The zero-order valence-electron chi connectivity index (χ0n) is 16.3. The van der Waals surface area contributed by atoms with Crippen molar-refractivity contribution in [2.24, 2.45) is 0 Å². The summed E-state index contributed by atoms with van der Waals surface area (Å²) in [4.78, 5) is 35.7. The van der Waals surface area contributed by atoms with Crippen LogP contribution in [0.2, 0.25) is 5.02 Å². The second-order valence-corrected chi connectivity index (χ2v) is 7.71. The summed E-state index contributed by atoms with van der Waals surface area (Å²) in [5.41, 5.74) is 4.99. The quantitative estimate of drug-likeness (QED) is 0.420. The van der Waals surface area contributed by atoms with Gasteiger partial charge in [0.25, 0.3) is 5.91 Å². The molecule has 0 spiro atoms. The van der Waals surface area contributed by atoms with Gasteiger partial charge in [0.15, 0.2) is 6.61 Å². The fourth-order valence-electron chi connectivity index (χ4n) is 2.71. The maximum absolute atomic E-state index is 12.0. The monoisotopic (exact) mass is 503 g/mol. The van der Waals surface area contributed by atoms with Crippen LogP contribution >= 0.6 is 27.5 Å². The highest BCUT2D eigenvalue weighted by atomic mass is 79.9. The number of ether oxygens (including phenoxy) is 1. The Hall–Kier alpha value is -3.10. The molecular formula is C22H19BrClN3O4. The van der Waals surface area contributed by atoms with Crippen LogP contribution in [0.15, 0.2) is 65.1 Å². The van der Waals surface area contributed by atoms with Gasteiger partial charge in [0, 0.05) is 12.8 Å². The van der Waals surface area contributed by atoms with Gasteiger partial charge in [0.2, 0.25) is 11.8 Å². The second-order valence-electron chi connectivity index (χ2n) is 6.51. The molecule has 0 saturated carbocycles. The molecule has 0 bridgehead atoms. The first-order valence-electron chi connectivity index (χ1n) is 9.36. The van der Waals surface area contributed by atoms with Crippen molar-refractivity contribution in [1.82, 2.24) is 10.9 Å². The molecule has 31 heavy (non-hydrogen) atoms. The standard InChI is InChI=1S/C22H19BrClN3O4/c23-22-15-6-2-1-5-14(15)9-10-18(22)31-13-21(30)27-26-20(29)12-11-19(28)25-17-8-4-3-7-16(17)24/h1-10H,11-13H2,(H,25,28)(H,26,29)(H,27,30). The number of nitrogens with one attached hydrogen (secondary N) is 3. The fraction of sp³-hybridized carbons (Fsp3) is 0.136. The number of hydrazine groups is 1. The van der Waals surface area contributed by atoms with E-state index in [0.29, 0.717) is 16.5 Å². The molecule has 0 aromatic heterocycles. The average Bonchev–Trinajstić information content (AvgIpc) is 2.77. The van der Waals surface area contributed by atoms with Crippen molar-refractivity contribution in [2.45, 2.75) is 12.8 Å². The Labute approximate surface area is 192 Å². The summed E-state index contributed by atoms with van der Waals surface area (Å²) in [5.74, 6) is -0.890. The van der Waals surface area contributed by atoms with Gasteiger partial charge < -0.3 is 10.1 Å². The summed E-state index contributed by atoms with van der Waals surface area (Å²) < 4.78 is 6.27. The van der Waals surface area contributed by atoms with E-state index in [1.54, 1.807) is 30.3 Å². The van der Waals surface area contributed by atoms with Gasteiger partial charge in [-0.2, -0.15) is 0 Å². The SMILES string of the molecule is O=C(CCC(=O)Nc1ccccc1Cl)NNC(=O)COc1ccc2ccccc2c1Br. The number of halogens is 2. The number of amides is 3. The van der Waals surface area contributed by atoms with E-state index < -0.39 is 11.8 Å². The van der Waals surface area contributed by atoms with Crippen LogP contribution in [0.5, 0.6) is 5.75 Å². The summed E-state index contributed by atoms with van der Waals surface area (Å²) in [6, 6.07) is 18.2. The first-order chi connectivity index (χ1) is 14.9. The lowest BCUT2D eigenvalue weighted by molar-refractivity contribution is -0.130. The third-order valence-corrected chi connectivity index (χ3v) is 5.40. The Morgan fingerprint density at radius 3 is 2.32 bits per heavy atom. The topological polar surface area (TPSA) is 96.5 Å². The lowest BCUT2D eigenvalue weighted by Crippen LogP contribution is -2.44. The van der Waals surface area contributed by atoms with Gasteiger partial charge in [-0.15, -0.1) is 0 Å². The van der Waals surface area contributed by atoms with Crippen LogP contribution in [0.3, 0.4) is 0 Å². The third-order valence-electron chi connectivity index (χ3n) is 4.26. The molecule has 9 heteroatoms. The van der Waals surface area contributed by atoms with Crippen molar-refractivity contribution in [3.05, 3.63) is 70.2 Å². The molecule has 0 heterocycles. The smallest absolute Gasteiger partial charge is 0.276 e. The molecule has 0 aliphatic heterocycles. The predicted octanol–water partition coefficient (Wildman–Crippen LogP) is 4.20. The minimum Gasteiger partial charge on any atom is -0.483 e. The molecule has 0 aliphatic carbocycles. The van der Waals surface area contributed by atoms with Gasteiger partial charge in [0.05, 0.1) is 15.2 Å². The van der Waals surface area contributed by atoms with Gasteiger partial charge in [0.1, 0.15) is 5.75 Å². The largest absolute Gasteiger partial charge is 0.483 e. The lowest BCUT2D eigenvalue weighted by atomic mass is 10.1. The molecule has 0 aliphatic rings. The Kier molecular flexibility index (Phi) is 7.86. The second kappa shape index (κ2) is 10.8. The Morgan fingerprint density at radius 1 is 0.839 bits per heavy atom. The number of hydrogen-bond acceptors (Lipinski definition) is 4. The number of carbonyl (C=O) groups excluding carboxylic acids is 3. The van der Waals surface area contributed by atoms with E-state index in [4.69, 9.17) is 16.3 Å². The zero-order chi connectivity index (χ0) is 22.2. The Bertz CT molecular complexity index is 1120. The van der Waals surface area contributed by atoms with E-state index in [0.717, 1.165) is 15.2 Å². The summed E-state index contributed by atoms with van der Waals surface area (Å²) in [6.07, 6.45) is -0.166. The molecule has 0 atom stereocenters. The van der Waals surface area contributed by atoms with E-state index in [1.807, 2.05) is 30.3 Å². The zero-order valence-corrected chi connectivity index (χ0v) is 18.6. The summed E-state index contributed by atoms with van der Waals surface area (Å²) in [7, 11) is 0. The number of fused-ring (bicyclic) bond motifs is 1. The van der Waals surface area contributed by atoms with Crippen molar-refractivity contribution in [2.75, 3.05) is 11.9 Å². The number of para-hydroxylation sites is 1. The molecule has 0 unspecified atom stereocenters. The van der Waals surface area contributed by atoms with E-state index in [2.05, 4.69) is 32.1 Å². The van der Waals surface area contributed by atoms with Gasteiger partial charge >= 0.3 is 0 Å². The number of anilines is 1. The van der Waals surface area contributed by atoms with Gasteiger partial charge in [-0.1, -0.05) is 54.1 Å². The van der Waals surface area contributed by atoms with Crippen molar-refractivity contribution in [3.8, 4) is 5.75 Å². The maximum atomic E-state index is 12.0. The molecule has 3 aromatic rings. The van der Waals surface area contributed by atoms with E-state index in [-0.39, 0.29) is 25.4 Å². The first-order valence-corrected chi connectivity index (χ1v) is 10.5. The lowest BCUT2D eigenvalue weighted by Gasteiger charge is -2.11. The van der Waals surface area contributed by atoms with Crippen LogP contribution in [-0.2, 0) is 14.4 Å². The van der Waals surface area contributed by atoms with Crippen molar-refractivity contribution >= 4 is 61.7 Å². The van der Waals surface area contributed by atoms with E-state index in [1.165, 1.54) is 0 Å². The van der Waals surface area contributed by atoms with Crippen LogP contribution in [0.4, 0.5) is 5.69 Å². The molecule has 7 nitrogen and oxygen atoms in total. The number of hydrogen-bond donors (Lipinski definition) is 3. The molecule has 3 N–H and O–H groups in total. The molecule has 3 aromatic carbocycles. The molecular weight excluding hydrogens is 486 g/mol. The molecule has 3 rings (SSSR count). The summed E-state index contributed by atoms with van der Waals surface area (Å²) in [6.45, 7) is -0.287. The van der Waals surface area contributed by atoms with Gasteiger partial charge in [-0.3, -0.25) is 25.2 Å². The Balaban J connectivity index is 1.39. The molecule has 0 radical (unpaired) electrons. The average molecular weight is 505 g/mol. The first kappa shape index (κ1) is 22.6. The highest BCUT2D eigenvalue weighted by Crippen LogP contribution is 2.32. The minimum atomic E-state index is -0.533. The maximum Gasteiger partial charge on any atom is 0.276 e. The summed E-state index contributed by atoms with van der Waals surface area (Å²) in [5, 5.41) is 5.03. The van der Waals surface area contributed by atoms with Crippen molar-refractivity contribution in [3.63, 3.8) is 0 Å². The third kappa shape index (κ3) is 6.44. The molecule has 3 amide bonds. The van der Waals surface area contributed by atoms with Crippen LogP contribution in [0.25, 0.3) is 10.8 Å². The number of carbonyl (C=O) groups is 3. The molecule has 0 fully saturated rings. The number of rotatable bonds is 7. The van der Waals surface area contributed by atoms with E-state index >= 15 is 0 Å². The normalized spacial score (nSPS) is 10.4. The highest BCUT2D eigenvalue weighted by Gasteiger charge is 2.11. The summed E-state index contributed by atoms with van der Waals surface area (Å²) >= 11 is 9.46. The highest BCUT2D eigenvalue weighted by molar-refractivity contribution is 9.10.